The van der Waals surface area contributed by atoms with E-state index in [0.717, 1.165) is 19.5 Å². The summed E-state index contributed by atoms with van der Waals surface area (Å²) in [5, 5.41) is 14.3. The third-order valence-corrected chi connectivity index (χ3v) is 6.21. The lowest BCUT2D eigenvalue weighted by atomic mass is 9.97. The molecule has 2 aromatic carbocycles. The van der Waals surface area contributed by atoms with Gasteiger partial charge >= 0.3 is 0 Å². The van der Waals surface area contributed by atoms with Crippen LogP contribution in [0.1, 0.15) is 28.1 Å². The van der Waals surface area contributed by atoms with Crippen molar-refractivity contribution in [2.75, 3.05) is 6.54 Å². The molecule has 7 nitrogen and oxygen atoms in total. The Kier molecular flexibility index (Phi) is 5.44. The van der Waals surface area contributed by atoms with Crippen LogP contribution in [0.25, 0.3) is 0 Å². The summed E-state index contributed by atoms with van der Waals surface area (Å²) in [6, 6.07) is 17.3. The fourth-order valence-electron chi connectivity index (χ4n) is 4.73. The molecule has 31 heavy (non-hydrogen) atoms. The minimum Gasteiger partial charge on any atom is -0.488 e. The third kappa shape index (κ3) is 4.06. The number of carbonyl (C=O) groups is 1. The van der Waals surface area contributed by atoms with Crippen molar-refractivity contribution in [2.24, 2.45) is 0 Å². The van der Waals surface area contributed by atoms with Gasteiger partial charge in [0.25, 0.3) is 5.91 Å². The molecular weight excluding hydrogens is 394 g/mol. The smallest absolute Gasteiger partial charge is 0.288 e. The number of aromatic nitrogens is 1. The lowest BCUT2D eigenvalue weighted by Gasteiger charge is -2.38. The molecule has 7 heteroatoms. The first-order chi connectivity index (χ1) is 15.2. The standard InChI is InChI=1S/C24H25N3O4/c28-23-20(31-18-8-2-1-3-9-18)12-19(26-24(29)21-13-25-15-30-21)22(23)27-11-10-16-6-4-5-7-17(16)14-27/h1-9,13,15,19-20,22-23,28H,10-12,14H2,(H,26,29)/t19-,20-,22+,23+/m1/s1. The summed E-state index contributed by atoms with van der Waals surface area (Å²) in [5.41, 5.74) is 2.60. The van der Waals surface area contributed by atoms with E-state index in [2.05, 4.69) is 33.4 Å². The lowest BCUT2D eigenvalue weighted by molar-refractivity contribution is 0.00254. The van der Waals surface area contributed by atoms with Gasteiger partial charge < -0.3 is 19.6 Å². The number of para-hydroxylation sites is 1. The second-order valence-corrected chi connectivity index (χ2v) is 8.12. The first kappa shape index (κ1) is 19.8. The van der Waals surface area contributed by atoms with Crippen LogP contribution >= 0.6 is 0 Å². The summed E-state index contributed by atoms with van der Waals surface area (Å²) in [4.78, 5) is 18.8. The summed E-state index contributed by atoms with van der Waals surface area (Å²) < 4.78 is 11.3. The van der Waals surface area contributed by atoms with Crippen LogP contribution in [-0.2, 0) is 13.0 Å². The maximum atomic E-state index is 12.7. The number of nitrogens with zero attached hydrogens (tertiary/aromatic N) is 2. The highest BCUT2D eigenvalue weighted by Gasteiger charge is 2.48. The molecule has 160 valence electrons. The molecule has 1 aliphatic heterocycles. The molecule has 2 aliphatic rings. The van der Waals surface area contributed by atoms with Gasteiger partial charge in [0, 0.05) is 19.5 Å². The maximum Gasteiger partial charge on any atom is 0.288 e. The van der Waals surface area contributed by atoms with Crippen LogP contribution in [0.2, 0.25) is 0 Å². The summed E-state index contributed by atoms with van der Waals surface area (Å²) >= 11 is 0. The monoisotopic (exact) mass is 419 g/mol. The molecule has 2 N–H and O–H groups in total. The Labute approximate surface area is 180 Å². The number of carbonyl (C=O) groups excluding carboxylic acids is 1. The Bertz CT molecular complexity index is 1020. The Morgan fingerprint density at radius 2 is 1.90 bits per heavy atom. The van der Waals surface area contributed by atoms with Crippen LogP contribution < -0.4 is 10.1 Å². The van der Waals surface area contributed by atoms with Crippen molar-refractivity contribution in [3.05, 3.63) is 84.1 Å². The van der Waals surface area contributed by atoms with E-state index >= 15 is 0 Å². The molecule has 2 heterocycles. The number of hydrogen-bond acceptors (Lipinski definition) is 6. The van der Waals surface area contributed by atoms with Crippen molar-refractivity contribution >= 4 is 5.91 Å². The van der Waals surface area contributed by atoms with Gasteiger partial charge in [-0.1, -0.05) is 42.5 Å². The highest BCUT2D eigenvalue weighted by molar-refractivity contribution is 5.91. The second kappa shape index (κ2) is 8.53. The van der Waals surface area contributed by atoms with E-state index in [-0.39, 0.29) is 23.8 Å². The van der Waals surface area contributed by atoms with Gasteiger partial charge in [-0.2, -0.15) is 0 Å². The molecule has 1 aromatic heterocycles. The molecule has 1 amide bonds. The summed E-state index contributed by atoms with van der Waals surface area (Å²) in [6.07, 6.45) is 2.87. The van der Waals surface area contributed by atoms with Gasteiger partial charge in [0.15, 0.2) is 6.39 Å². The molecule has 1 saturated carbocycles. The Morgan fingerprint density at radius 1 is 1.13 bits per heavy atom. The predicted octanol–water partition coefficient (Wildman–Crippen LogP) is 2.41. The van der Waals surface area contributed by atoms with Crippen molar-refractivity contribution in [3.8, 4) is 5.75 Å². The average Bonchev–Trinajstić information content (AvgIpc) is 3.43. The predicted molar refractivity (Wildman–Crippen MR) is 114 cm³/mol. The zero-order chi connectivity index (χ0) is 21.2. The minimum absolute atomic E-state index is 0.157. The first-order valence-electron chi connectivity index (χ1n) is 10.6. The highest BCUT2D eigenvalue weighted by atomic mass is 16.5. The van der Waals surface area contributed by atoms with E-state index < -0.39 is 12.2 Å². The zero-order valence-corrected chi connectivity index (χ0v) is 17.1. The van der Waals surface area contributed by atoms with E-state index in [4.69, 9.17) is 9.15 Å². The Hall–Kier alpha value is -3.16. The van der Waals surface area contributed by atoms with Crippen molar-refractivity contribution < 1.29 is 19.1 Å². The molecule has 0 bridgehead atoms. The van der Waals surface area contributed by atoms with Gasteiger partial charge in [0.05, 0.1) is 18.3 Å². The Morgan fingerprint density at radius 3 is 2.68 bits per heavy atom. The fourth-order valence-corrected chi connectivity index (χ4v) is 4.73. The second-order valence-electron chi connectivity index (χ2n) is 8.12. The van der Waals surface area contributed by atoms with E-state index in [0.29, 0.717) is 12.2 Å². The highest BCUT2D eigenvalue weighted by Crippen LogP contribution is 2.32. The molecule has 3 aromatic rings. The van der Waals surface area contributed by atoms with Crippen molar-refractivity contribution in [1.82, 2.24) is 15.2 Å². The first-order valence-corrected chi connectivity index (χ1v) is 10.6. The number of ether oxygens (including phenoxy) is 1. The molecule has 0 unspecified atom stereocenters. The molecule has 5 rings (SSSR count). The number of nitrogens with one attached hydrogen (secondary N) is 1. The third-order valence-electron chi connectivity index (χ3n) is 6.21. The van der Waals surface area contributed by atoms with Crippen LogP contribution in [-0.4, -0.2) is 51.7 Å². The van der Waals surface area contributed by atoms with Crippen LogP contribution in [0.15, 0.2) is 71.6 Å². The average molecular weight is 419 g/mol. The van der Waals surface area contributed by atoms with Gasteiger partial charge in [-0.05, 0) is 29.7 Å². The Balaban J connectivity index is 1.38. The van der Waals surface area contributed by atoms with Crippen LogP contribution in [0.4, 0.5) is 0 Å². The zero-order valence-electron chi connectivity index (χ0n) is 17.1. The molecule has 1 fully saturated rings. The molecule has 4 atom stereocenters. The number of aliphatic hydroxyl groups excluding tert-OH is 1. The molecule has 1 aliphatic carbocycles. The van der Waals surface area contributed by atoms with Crippen molar-refractivity contribution in [1.29, 1.82) is 0 Å². The normalized spacial score (nSPS) is 25.7. The number of fused-ring (bicyclic) bond motifs is 1. The van der Waals surface area contributed by atoms with Gasteiger partial charge in [-0.25, -0.2) is 4.98 Å². The van der Waals surface area contributed by atoms with E-state index in [1.165, 1.54) is 23.7 Å². The van der Waals surface area contributed by atoms with Crippen molar-refractivity contribution in [2.45, 2.75) is 43.7 Å². The minimum atomic E-state index is -0.745. The summed E-state index contributed by atoms with van der Waals surface area (Å²) in [7, 11) is 0. The molecular formula is C24H25N3O4. The molecule has 0 radical (unpaired) electrons. The van der Waals surface area contributed by atoms with Gasteiger partial charge in [0.1, 0.15) is 18.0 Å². The number of benzene rings is 2. The number of hydrogen-bond donors (Lipinski definition) is 2. The maximum absolute atomic E-state index is 12.7. The lowest BCUT2D eigenvalue weighted by Crippen LogP contribution is -2.54. The molecule has 0 saturated heterocycles. The number of rotatable bonds is 5. The van der Waals surface area contributed by atoms with Crippen molar-refractivity contribution in [3.63, 3.8) is 0 Å². The quantitative estimate of drug-likeness (QED) is 0.660. The number of oxazole rings is 1. The van der Waals surface area contributed by atoms with Crippen LogP contribution in [0.3, 0.4) is 0 Å². The van der Waals surface area contributed by atoms with Gasteiger partial charge in [0.2, 0.25) is 5.76 Å². The van der Waals surface area contributed by atoms with E-state index in [1.807, 2.05) is 36.4 Å². The largest absolute Gasteiger partial charge is 0.488 e. The van der Waals surface area contributed by atoms with E-state index in [9.17, 15) is 9.90 Å². The molecule has 0 spiro atoms. The number of amides is 1. The van der Waals surface area contributed by atoms with Crippen LogP contribution in [0, 0.1) is 0 Å². The topological polar surface area (TPSA) is 87.8 Å². The van der Waals surface area contributed by atoms with Gasteiger partial charge in [-0.3, -0.25) is 9.69 Å². The summed E-state index contributed by atoms with van der Waals surface area (Å²) in [5.74, 6) is 0.527. The fraction of sp³-hybridized carbons (Fsp3) is 0.333. The van der Waals surface area contributed by atoms with E-state index in [1.54, 1.807) is 0 Å². The van der Waals surface area contributed by atoms with Gasteiger partial charge in [-0.15, -0.1) is 0 Å². The van der Waals surface area contributed by atoms with Crippen LogP contribution in [0.5, 0.6) is 5.75 Å². The number of aliphatic hydroxyl groups is 1. The summed E-state index contributed by atoms with van der Waals surface area (Å²) in [6.45, 7) is 1.54. The SMILES string of the molecule is O=C(N[C@@H]1C[C@@H](Oc2ccccc2)[C@H](O)[C@H]1N1CCc2ccccc2C1)c1cnco1.